The Morgan fingerprint density at radius 2 is 1.87 bits per heavy atom. The zero-order valence-corrected chi connectivity index (χ0v) is 14.5. The number of benzene rings is 2. The van der Waals surface area contributed by atoms with E-state index in [1.165, 1.54) is 0 Å². The number of nitrogens with one attached hydrogen (secondary N) is 1. The van der Waals surface area contributed by atoms with Crippen molar-refractivity contribution in [2.24, 2.45) is 5.10 Å². The number of carbonyl (C=O) groups is 1. The molecule has 0 radical (unpaired) electrons. The first-order valence-corrected chi connectivity index (χ1v) is 8.26. The molecule has 2 aromatic carbocycles. The van der Waals surface area contributed by atoms with Gasteiger partial charge in [-0.15, -0.1) is 0 Å². The Labute approximate surface area is 144 Å². The number of halogens is 1. The summed E-state index contributed by atoms with van der Waals surface area (Å²) in [5.74, 6) is 0.690. The fourth-order valence-corrected chi connectivity index (χ4v) is 2.14. The van der Waals surface area contributed by atoms with E-state index in [2.05, 4.69) is 33.4 Å². The number of amides is 1. The van der Waals surface area contributed by atoms with Gasteiger partial charge in [-0.1, -0.05) is 35.0 Å². The fourth-order valence-electron chi connectivity index (χ4n) is 1.88. The summed E-state index contributed by atoms with van der Waals surface area (Å²) >= 11 is 3.37. The minimum Gasteiger partial charge on any atom is -0.494 e. The third kappa shape index (κ3) is 6.24. The van der Waals surface area contributed by atoms with Crippen LogP contribution < -0.4 is 10.2 Å². The summed E-state index contributed by atoms with van der Waals surface area (Å²) < 4.78 is 6.50. The molecule has 4 nitrogen and oxygen atoms in total. The number of carbonyl (C=O) groups excluding carboxylic acids is 1. The van der Waals surface area contributed by atoms with Crippen molar-refractivity contribution in [3.63, 3.8) is 0 Å². The Morgan fingerprint density at radius 3 is 2.52 bits per heavy atom. The van der Waals surface area contributed by atoms with Gasteiger partial charge in [-0.25, -0.2) is 5.43 Å². The molecule has 5 heteroatoms. The Kier molecular flexibility index (Phi) is 6.81. The molecule has 0 aliphatic rings. The molecule has 0 heterocycles. The van der Waals surface area contributed by atoms with Crippen LogP contribution in [0.25, 0.3) is 0 Å². The van der Waals surface area contributed by atoms with E-state index in [-0.39, 0.29) is 5.91 Å². The second-order valence-electron chi connectivity index (χ2n) is 5.01. The molecule has 0 unspecified atom stereocenters. The Morgan fingerprint density at radius 1 is 1.17 bits per heavy atom. The van der Waals surface area contributed by atoms with Crippen LogP contribution in [-0.2, 0) is 11.2 Å². The second-order valence-corrected chi connectivity index (χ2v) is 5.93. The molecular formula is C18H19BrN2O2. The van der Waals surface area contributed by atoms with Crippen LogP contribution in [0.3, 0.4) is 0 Å². The van der Waals surface area contributed by atoms with Crippen molar-refractivity contribution in [2.45, 2.75) is 19.8 Å². The summed E-state index contributed by atoms with van der Waals surface area (Å²) in [6.45, 7) is 2.78. The van der Waals surface area contributed by atoms with E-state index in [4.69, 9.17) is 4.74 Å². The lowest BCUT2D eigenvalue weighted by Crippen LogP contribution is -2.19. The number of hydrogen-bond donors (Lipinski definition) is 1. The van der Waals surface area contributed by atoms with Crippen molar-refractivity contribution in [2.75, 3.05) is 6.61 Å². The molecule has 120 valence electrons. The number of ether oxygens (including phenoxy) is 1. The SMILES string of the molecule is CCCOc1ccc(/C=N\NC(=O)Cc2ccc(Br)cc2)cc1. The van der Waals surface area contributed by atoms with Crippen LogP contribution in [-0.4, -0.2) is 18.7 Å². The van der Waals surface area contributed by atoms with Crippen LogP contribution in [0.5, 0.6) is 5.75 Å². The van der Waals surface area contributed by atoms with E-state index in [0.717, 1.165) is 27.8 Å². The van der Waals surface area contributed by atoms with Gasteiger partial charge in [-0.2, -0.15) is 5.10 Å². The van der Waals surface area contributed by atoms with Gasteiger partial charge in [-0.05, 0) is 53.9 Å². The van der Waals surface area contributed by atoms with Gasteiger partial charge in [0.1, 0.15) is 5.75 Å². The topological polar surface area (TPSA) is 50.7 Å². The number of hydrazone groups is 1. The van der Waals surface area contributed by atoms with E-state index in [1.807, 2.05) is 48.5 Å². The molecule has 1 N–H and O–H groups in total. The Bertz CT molecular complexity index is 652. The van der Waals surface area contributed by atoms with Crippen LogP contribution in [0, 0.1) is 0 Å². The van der Waals surface area contributed by atoms with Crippen molar-refractivity contribution >= 4 is 28.1 Å². The lowest BCUT2D eigenvalue weighted by Gasteiger charge is -2.04. The van der Waals surface area contributed by atoms with Gasteiger partial charge in [0.2, 0.25) is 5.91 Å². The summed E-state index contributed by atoms with van der Waals surface area (Å²) in [7, 11) is 0. The predicted octanol–water partition coefficient (Wildman–Crippen LogP) is 3.93. The maximum absolute atomic E-state index is 11.8. The average molecular weight is 375 g/mol. The summed E-state index contributed by atoms with van der Waals surface area (Å²) in [6.07, 6.45) is 2.89. The molecule has 0 aliphatic heterocycles. The van der Waals surface area contributed by atoms with Gasteiger partial charge < -0.3 is 4.74 Å². The minimum absolute atomic E-state index is 0.147. The maximum Gasteiger partial charge on any atom is 0.244 e. The monoisotopic (exact) mass is 374 g/mol. The van der Waals surface area contributed by atoms with E-state index in [1.54, 1.807) is 6.21 Å². The normalized spacial score (nSPS) is 10.7. The molecular weight excluding hydrogens is 356 g/mol. The van der Waals surface area contributed by atoms with Crippen molar-refractivity contribution in [3.8, 4) is 5.75 Å². The quantitative estimate of drug-likeness (QED) is 0.589. The highest BCUT2D eigenvalue weighted by molar-refractivity contribution is 9.10. The lowest BCUT2D eigenvalue weighted by atomic mass is 10.1. The van der Waals surface area contributed by atoms with Gasteiger partial charge in [-0.3, -0.25) is 4.79 Å². The Hall–Kier alpha value is -2.14. The molecule has 0 aromatic heterocycles. The van der Waals surface area contributed by atoms with Gasteiger partial charge >= 0.3 is 0 Å². The highest BCUT2D eigenvalue weighted by Gasteiger charge is 2.01. The van der Waals surface area contributed by atoms with Crippen molar-refractivity contribution < 1.29 is 9.53 Å². The van der Waals surface area contributed by atoms with Crippen LogP contribution in [0.15, 0.2) is 58.1 Å². The van der Waals surface area contributed by atoms with Crippen LogP contribution >= 0.6 is 15.9 Å². The smallest absolute Gasteiger partial charge is 0.244 e. The van der Waals surface area contributed by atoms with Crippen LogP contribution in [0.4, 0.5) is 0 Å². The molecule has 0 fully saturated rings. The molecule has 0 bridgehead atoms. The molecule has 1 amide bonds. The molecule has 0 aliphatic carbocycles. The number of rotatable bonds is 7. The first-order valence-electron chi connectivity index (χ1n) is 7.46. The zero-order chi connectivity index (χ0) is 16.5. The molecule has 2 rings (SSSR count). The van der Waals surface area contributed by atoms with Crippen molar-refractivity contribution in [1.29, 1.82) is 0 Å². The molecule has 0 saturated heterocycles. The van der Waals surface area contributed by atoms with Gasteiger partial charge in [0.25, 0.3) is 0 Å². The number of nitrogens with zero attached hydrogens (tertiary/aromatic N) is 1. The summed E-state index contributed by atoms with van der Waals surface area (Å²) in [5.41, 5.74) is 4.37. The van der Waals surface area contributed by atoms with E-state index >= 15 is 0 Å². The summed E-state index contributed by atoms with van der Waals surface area (Å²) in [5, 5.41) is 3.97. The first-order chi connectivity index (χ1) is 11.2. The number of hydrogen-bond acceptors (Lipinski definition) is 3. The molecule has 0 atom stereocenters. The van der Waals surface area contributed by atoms with E-state index in [9.17, 15) is 4.79 Å². The van der Waals surface area contributed by atoms with E-state index < -0.39 is 0 Å². The maximum atomic E-state index is 11.8. The largest absolute Gasteiger partial charge is 0.494 e. The van der Waals surface area contributed by atoms with Gasteiger partial charge in [0.05, 0.1) is 19.2 Å². The molecule has 2 aromatic rings. The summed E-state index contributed by atoms with van der Waals surface area (Å²) in [4.78, 5) is 11.8. The molecule has 0 spiro atoms. The van der Waals surface area contributed by atoms with E-state index in [0.29, 0.717) is 13.0 Å². The average Bonchev–Trinajstić information content (AvgIpc) is 2.56. The molecule has 23 heavy (non-hydrogen) atoms. The van der Waals surface area contributed by atoms with Crippen LogP contribution in [0.1, 0.15) is 24.5 Å². The molecule has 0 saturated carbocycles. The minimum atomic E-state index is -0.147. The highest BCUT2D eigenvalue weighted by atomic mass is 79.9. The zero-order valence-electron chi connectivity index (χ0n) is 13.0. The van der Waals surface area contributed by atoms with Crippen molar-refractivity contribution in [3.05, 3.63) is 64.1 Å². The van der Waals surface area contributed by atoms with Gasteiger partial charge in [0, 0.05) is 4.47 Å². The Balaban J connectivity index is 1.81. The second kappa shape index (κ2) is 9.10. The summed E-state index contributed by atoms with van der Waals surface area (Å²) in [6, 6.07) is 15.2. The lowest BCUT2D eigenvalue weighted by molar-refractivity contribution is -0.120. The third-order valence-electron chi connectivity index (χ3n) is 3.03. The predicted molar refractivity (Wildman–Crippen MR) is 95.8 cm³/mol. The fraction of sp³-hybridized carbons (Fsp3) is 0.222. The van der Waals surface area contributed by atoms with Gasteiger partial charge in [0.15, 0.2) is 0 Å². The van der Waals surface area contributed by atoms with Crippen molar-refractivity contribution in [1.82, 2.24) is 5.43 Å². The third-order valence-corrected chi connectivity index (χ3v) is 3.56. The van der Waals surface area contributed by atoms with Crippen LogP contribution in [0.2, 0.25) is 0 Å². The first kappa shape index (κ1) is 17.2. The highest BCUT2D eigenvalue weighted by Crippen LogP contribution is 2.12. The standard InChI is InChI=1S/C18H19BrN2O2/c1-2-11-23-17-9-5-15(6-10-17)13-20-21-18(22)12-14-3-7-16(19)8-4-14/h3-10,13H,2,11-12H2,1H3,(H,21,22)/b20-13-.